The molecule has 2 aromatic heterocycles. The quantitative estimate of drug-likeness (QED) is 0.428. The smallest absolute Gasteiger partial charge is 0.0940 e. The van der Waals surface area contributed by atoms with Gasteiger partial charge >= 0.3 is 0 Å². The molecule has 1 radical (unpaired) electrons. The van der Waals surface area contributed by atoms with Crippen molar-refractivity contribution in [2.75, 3.05) is 13.7 Å². The summed E-state index contributed by atoms with van der Waals surface area (Å²) < 4.78 is 13.2. The molecule has 7 nitrogen and oxygen atoms in total. The van der Waals surface area contributed by atoms with Crippen LogP contribution in [0.15, 0.2) is 0 Å². The summed E-state index contributed by atoms with van der Waals surface area (Å²) in [7, 11) is 1.71. The average molecular weight is 750 g/mol. The van der Waals surface area contributed by atoms with Crippen LogP contribution in [0.4, 0.5) is 0 Å². The van der Waals surface area contributed by atoms with E-state index in [1.54, 1.807) is 7.11 Å². The van der Waals surface area contributed by atoms with Gasteiger partial charge in [0.05, 0.1) is 24.6 Å². The molecule has 0 spiro atoms. The first-order valence-electron chi connectivity index (χ1n) is 6.91. The normalized spacial score (nSPS) is 19.0. The van der Waals surface area contributed by atoms with Gasteiger partial charge < -0.3 is 29.5 Å². The molecule has 0 aromatic carbocycles. The van der Waals surface area contributed by atoms with Crippen LogP contribution in [0.1, 0.15) is 24.4 Å². The van der Waals surface area contributed by atoms with E-state index in [2.05, 4.69) is 25.8 Å². The van der Waals surface area contributed by atoms with E-state index < -0.39 is 0 Å². The van der Waals surface area contributed by atoms with Gasteiger partial charge in [-0.15, -0.1) is 0 Å². The van der Waals surface area contributed by atoms with Gasteiger partial charge in [0.2, 0.25) is 0 Å². The van der Waals surface area contributed by atoms with E-state index in [1.165, 1.54) is 0 Å². The topological polar surface area (TPSA) is 93.6 Å². The van der Waals surface area contributed by atoms with E-state index in [4.69, 9.17) is 9.47 Å². The summed E-state index contributed by atoms with van der Waals surface area (Å²) in [5, 5.41) is 0. The van der Waals surface area contributed by atoms with Gasteiger partial charge in [0.25, 0.3) is 0 Å². The van der Waals surface area contributed by atoms with Crippen molar-refractivity contribution in [3.8, 4) is 0 Å². The number of hydrogen-bond donors (Lipinski definition) is 0. The number of hydrogen-bond acceptors (Lipinski definition) is 5. The summed E-state index contributed by atoms with van der Waals surface area (Å²) in [6.45, 7) is 5.35. The van der Waals surface area contributed by atoms with Gasteiger partial charge in [-0.3, -0.25) is 4.98 Å². The Morgan fingerprint density at radius 2 is 1.88 bits per heavy atom. The third-order valence-electron chi connectivity index (χ3n) is 3.78. The molecule has 1 fully saturated rings. The molecule has 1 unspecified atom stereocenters. The fraction of sp³-hybridized carbons (Fsp3) is 0.643. The number of imidazole rings is 1. The zero-order chi connectivity index (χ0) is 14.1. The first-order valence-corrected chi connectivity index (χ1v) is 6.91. The van der Waals surface area contributed by atoms with E-state index in [1.807, 2.05) is 13.8 Å². The Morgan fingerprint density at radius 3 is 2.54 bits per heavy atom. The molecule has 0 bridgehead atoms. The first kappa shape index (κ1) is 27.1. The predicted octanol–water partition coefficient (Wildman–Crippen LogP) is 0.605. The summed E-state index contributed by atoms with van der Waals surface area (Å²) >= 11 is 0. The first-order chi connectivity index (χ1) is 9.69. The molecule has 2 atom stereocenters. The minimum atomic E-state index is 0. The van der Waals surface area contributed by atoms with E-state index in [0.717, 1.165) is 42.1 Å². The molecule has 0 saturated carbocycles. The number of methoxy groups -OCH3 is 1. The zero-order valence-corrected chi connectivity index (χ0v) is 22.7. The van der Waals surface area contributed by atoms with Gasteiger partial charge in [-0.25, -0.2) is 0 Å². The number of rotatable bonds is 4. The maximum absolute atomic E-state index is 5.98. The number of ether oxygens (including phenoxy) is 2. The van der Waals surface area contributed by atoms with Gasteiger partial charge in [0, 0.05) is 106 Å². The van der Waals surface area contributed by atoms with Crippen LogP contribution in [0.3, 0.4) is 0 Å². The minimum absolute atomic E-state index is 0. The van der Waals surface area contributed by atoms with Crippen molar-refractivity contribution in [1.29, 1.82) is 0 Å². The Balaban J connectivity index is 0. The zero-order valence-electron chi connectivity index (χ0n) is 14.0. The maximum atomic E-state index is 5.98. The van der Waals surface area contributed by atoms with Gasteiger partial charge in [0.15, 0.2) is 0 Å². The maximum Gasteiger partial charge on any atom is 0.0940 e. The molecule has 3 heterocycles. The SMILES string of the molecule is COCC1CC[C@H](Cn2c(C)nc3c(C)n[c-]nc32)O1.O.[W].[W].[Y]. The van der Waals surface area contributed by atoms with Crippen molar-refractivity contribution in [2.45, 2.75) is 45.4 Å². The Kier molecular flexibility index (Phi) is 13.9. The molecule has 1 saturated heterocycles. The number of aryl methyl sites for hydroxylation is 2. The summed E-state index contributed by atoms with van der Waals surface area (Å²) in [4.78, 5) is 12.9. The molecule has 0 amide bonds. The molecule has 0 aliphatic carbocycles. The molecule has 24 heavy (non-hydrogen) atoms. The van der Waals surface area contributed by atoms with Crippen LogP contribution in [-0.4, -0.2) is 50.9 Å². The average Bonchev–Trinajstić information content (AvgIpc) is 2.98. The summed E-state index contributed by atoms with van der Waals surface area (Å²) in [5.74, 6) is 0.941. The van der Waals surface area contributed by atoms with Crippen LogP contribution >= 0.6 is 0 Å². The van der Waals surface area contributed by atoms with Crippen LogP contribution in [0.2, 0.25) is 0 Å². The van der Waals surface area contributed by atoms with Crippen LogP contribution < -0.4 is 0 Å². The van der Waals surface area contributed by atoms with Gasteiger partial charge in [-0.2, -0.15) is 0 Å². The third kappa shape index (κ3) is 5.97. The summed E-state index contributed by atoms with van der Waals surface area (Å²) in [6.07, 6.45) is 5.19. The van der Waals surface area contributed by atoms with Crippen molar-refractivity contribution < 1.29 is 89.8 Å². The minimum Gasteiger partial charge on any atom is -0.412 e. The fourth-order valence-electron chi connectivity index (χ4n) is 2.75. The Hall–Kier alpha value is 0.911. The van der Waals surface area contributed by atoms with Crippen LogP contribution in [0.25, 0.3) is 11.2 Å². The van der Waals surface area contributed by atoms with E-state index >= 15 is 0 Å². The molecule has 3 rings (SSSR count). The Morgan fingerprint density at radius 1 is 1.21 bits per heavy atom. The Labute approximate surface area is 195 Å². The largest absolute Gasteiger partial charge is 0.412 e. The van der Waals surface area contributed by atoms with Crippen LogP contribution in [-0.2, 0) is 90.9 Å². The summed E-state index contributed by atoms with van der Waals surface area (Å²) in [5.41, 5.74) is 2.56. The molecule has 2 aromatic rings. The van der Waals surface area contributed by atoms with Gasteiger partial charge in [-0.05, 0) is 25.5 Å². The second kappa shape index (κ2) is 12.3. The molecular formula is C14H21N4O3W2Y-. The second-order valence-electron chi connectivity index (χ2n) is 5.26. The molecule has 131 valence electrons. The van der Waals surface area contributed by atoms with Crippen molar-refractivity contribution >= 4 is 11.2 Å². The summed E-state index contributed by atoms with van der Waals surface area (Å²) in [6, 6.07) is 0. The second-order valence-corrected chi connectivity index (χ2v) is 5.26. The monoisotopic (exact) mass is 750 g/mol. The number of fused-ring (bicyclic) bond motifs is 1. The van der Waals surface area contributed by atoms with E-state index in [9.17, 15) is 0 Å². The van der Waals surface area contributed by atoms with Crippen LogP contribution in [0, 0.1) is 20.2 Å². The van der Waals surface area contributed by atoms with Crippen LogP contribution in [0.5, 0.6) is 0 Å². The molecule has 10 heteroatoms. The van der Waals surface area contributed by atoms with Crippen molar-refractivity contribution in [3.63, 3.8) is 0 Å². The molecular weight excluding hydrogens is 729 g/mol. The van der Waals surface area contributed by atoms with E-state index in [-0.39, 0.29) is 92.5 Å². The third-order valence-corrected chi connectivity index (χ3v) is 3.78. The number of nitrogens with zero attached hydrogens (tertiary/aromatic N) is 4. The molecule has 1 aliphatic heterocycles. The fourth-order valence-corrected chi connectivity index (χ4v) is 2.75. The molecule has 1 aliphatic rings. The molecule has 2 N–H and O–H groups in total. The van der Waals surface area contributed by atoms with Crippen molar-refractivity contribution in [2.24, 2.45) is 0 Å². The predicted molar refractivity (Wildman–Crippen MR) is 77.0 cm³/mol. The van der Waals surface area contributed by atoms with Gasteiger partial charge in [0.1, 0.15) is 0 Å². The van der Waals surface area contributed by atoms with Crippen molar-refractivity contribution in [1.82, 2.24) is 19.5 Å². The standard InChI is InChI=1S/C14H19N4O2.H2O.2W.Y/c1-9-13-14(16-8-15-9)18(10(2)17-13)6-11-4-5-12(20-11)7-19-3;;;;/h11-12H,4-7H2,1-3H3;1H2;;;/q-1;;;;/t11-,12?;;;;/m1..../s1. The van der Waals surface area contributed by atoms with Crippen molar-refractivity contribution in [3.05, 3.63) is 17.8 Å². The Bertz CT molecular complexity index is 629. The number of aromatic nitrogens is 4. The van der Waals surface area contributed by atoms with E-state index in [0.29, 0.717) is 6.61 Å². The van der Waals surface area contributed by atoms with Gasteiger partial charge in [-0.1, -0.05) is 6.92 Å².